The lowest BCUT2D eigenvalue weighted by Gasteiger charge is -2.27. The summed E-state index contributed by atoms with van der Waals surface area (Å²) in [5.41, 5.74) is -0.0548. The van der Waals surface area contributed by atoms with Crippen LogP contribution in [0.4, 0.5) is 0 Å². The van der Waals surface area contributed by atoms with E-state index in [-0.39, 0.29) is 24.0 Å². The summed E-state index contributed by atoms with van der Waals surface area (Å²) in [5.74, 6) is -0.535. The third-order valence-electron chi connectivity index (χ3n) is 8.29. The highest BCUT2D eigenvalue weighted by Crippen LogP contribution is 2.33. The van der Waals surface area contributed by atoms with Crippen LogP contribution < -0.4 is 20.7 Å². The Morgan fingerprint density at radius 2 is 1.65 bits per heavy atom. The fraction of sp³-hybridized carbons (Fsp3) is 0.667. The fourth-order valence-corrected chi connectivity index (χ4v) is 5.55. The number of benzene rings is 1. The first-order valence-corrected chi connectivity index (χ1v) is 14.5. The molecule has 40 heavy (non-hydrogen) atoms. The Morgan fingerprint density at radius 1 is 0.975 bits per heavy atom. The zero-order valence-corrected chi connectivity index (χ0v) is 23.8. The maximum atomic E-state index is 13.7. The number of carbonyl (C=O) groups excluding carboxylic acids is 4. The second-order valence-electron chi connectivity index (χ2n) is 11.6. The van der Waals surface area contributed by atoms with Gasteiger partial charge in [-0.15, -0.1) is 0 Å². The maximum absolute atomic E-state index is 13.7. The zero-order valence-electron chi connectivity index (χ0n) is 23.8. The van der Waals surface area contributed by atoms with Crippen LogP contribution >= 0.6 is 0 Å². The molecule has 0 spiro atoms. The van der Waals surface area contributed by atoms with Crippen LogP contribution in [0.25, 0.3) is 0 Å². The van der Waals surface area contributed by atoms with Gasteiger partial charge < -0.3 is 30.2 Å². The number of Topliss-reactive ketones (excluding diaryl/α,β-unsaturated/α-hetero) is 1. The van der Waals surface area contributed by atoms with Crippen LogP contribution in [0.15, 0.2) is 24.3 Å². The average Bonchev–Trinajstić information content (AvgIpc) is 3.50. The Balaban J connectivity index is 1.46. The number of amides is 3. The van der Waals surface area contributed by atoms with Crippen LogP contribution in [-0.4, -0.2) is 74.2 Å². The van der Waals surface area contributed by atoms with Crippen molar-refractivity contribution in [3.8, 4) is 5.75 Å². The highest BCUT2D eigenvalue weighted by molar-refractivity contribution is 5.98. The predicted octanol–water partition coefficient (Wildman–Crippen LogP) is 2.08. The van der Waals surface area contributed by atoms with Gasteiger partial charge in [-0.2, -0.15) is 0 Å². The van der Waals surface area contributed by atoms with Gasteiger partial charge in [0.15, 0.2) is 5.78 Å². The molecule has 10 heteroatoms. The van der Waals surface area contributed by atoms with Gasteiger partial charge in [0.2, 0.25) is 17.7 Å². The summed E-state index contributed by atoms with van der Waals surface area (Å²) < 4.78 is 16.0. The van der Waals surface area contributed by atoms with Gasteiger partial charge in [-0.1, -0.05) is 37.8 Å². The van der Waals surface area contributed by atoms with Crippen LogP contribution in [0.5, 0.6) is 5.75 Å². The smallest absolute Gasteiger partial charge is 0.243 e. The highest BCUT2D eigenvalue weighted by atomic mass is 16.6. The molecule has 4 rings (SSSR count). The van der Waals surface area contributed by atoms with E-state index in [4.69, 9.17) is 14.2 Å². The fourth-order valence-electron chi connectivity index (χ4n) is 5.55. The van der Waals surface area contributed by atoms with E-state index in [9.17, 15) is 19.2 Å². The lowest BCUT2D eigenvalue weighted by molar-refractivity contribution is -0.135. The summed E-state index contributed by atoms with van der Waals surface area (Å²) in [6.07, 6.45) is 6.59. The standard InChI is InChI=1S/C30H43N3O7/c1-19(31-28(36)22-9-6-14-39-17-22)27(35)33-25(16-21-10-12-23(38-3)13-11-21)29(37)32-24(15-20-7-4-5-8-20)26(34)30(2)18-40-30/h10-13,19-20,22,24-25H,4-9,14-18H2,1-3H3,(H,31,36)(H,32,37)(H,33,35)/t19-,22-,24+,25+,30-/m1/s1. The number of hydrogen-bond donors (Lipinski definition) is 3. The summed E-state index contributed by atoms with van der Waals surface area (Å²) in [6, 6.07) is 4.75. The van der Waals surface area contributed by atoms with E-state index in [1.165, 1.54) is 0 Å². The predicted molar refractivity (Wildman–Crippen MR) is 148 cm³/mol. The van der Waals surface area contributed by atoms with Gasteiger partial charge in [0, 0.05) is 13.0 Å². The summed E-state index contributed by atoms with van der Waals surface area (Å²) >= 11 is 0. The molecule has 3 N–H and O–H groups in total. The van der Waals surface area contributed by atoms with Gasteiger partial charge >= 0.3 is 0 Å². The Morgan fingerprint density at radius 3 is 2.25 bits per heavy atom. The molecule has 2 heterocycles. The van der Waals surface area contributed by atoms with Gasteiger partial charge in [0.1, 0.15) is 23.4 Å². The number of methoxy groups -OCH3 is 1. The van der Waals surface area contributed by atoms with Crippen LogP contribution in [0.2, 0.25) is 0 Å². The normalized spacial score (nSPS) is 24.8. The Kier molecular flexibility index (Phi) is 10.2. The third-order valence-corrected chi connectivity index (χ3v) is 8.29. The molecule has 2 saturated heterocycles. The number of ether oxygens (including phenoxy) is 3. The molecule has 10 nitrogen and oxygen atoms in total. The molecule has 3 fully saturated rings. The van der Waals surface area contributed by atoms with Crippen molar-refractivity contribution in [1.82, 2.24) is 16.0 Å². The van der Waals surface area contributed by atoms with E-state index in [0.717, 1.165) is 37.7 Å². The molecule has 1 aromatic carbocycles. The second kappa shape index (κ2) is 13.6. The first-order valence-electron chi connectivity index (χ1n) is 14.5. The molecular weight excluding hydrogens is 514 g/mol. The average molecular weight is 558 g/mol. The molecular formula is C30H43N3O7. The molecule has 0 bridgehead atoms. The quantitative estimate of drug-likeness (QED) is 0.316. The molecule has 1 saturated carbocycles. The van der Waals surface area contributed by atoms with Gasteiger partial charge in [-0.25, -0.2) is 0 Å². The van der Waals surface area contributed by atoms with Crippen LogP contribution in [0.3, 0.4) is 0 Å². The van der Waals surface area contributed by atoms with Crippen molar-refractivity contribution in [3.63, 3.8) is 0 Å². The van der Waals surface area contributed by atoms with E-state index in [0.29, 0.717) is 44.3 Å². The topological polar surface area (TPSA) is 135 Å². The number of hydrogen-bond acceptors (Lipinski definition) is 7. The molecule has 0 aromatic heterocycles. The SMILES string of the molecule is COc1ccc(C[C@H](NC(=O)[C@@H](C)NC(=O)[C@@H]2CCCOC2)C(=O)N[C@@H](CC2CCCC2)C(=O)[C@@]2(C)CO2)cc1. The molecule has 1 aromatic rings. The lowest BCUT2D eigenvalue weighted by Crippen LogP contribution is -2.57. The number of epoxide rings is 1. The molecule has 3 aliphatic rings. The van der Waals surface area contributed by atoms with Gasteiger partial charge in [0.25, 0.3) is 0 Å². The molecule has 1 aliphatic carbocycles. The molecule has 0 unspecified atom stereocenters. The number of rotatable bonds is 13. The van der Waals surface area contributed by atoms with Crippen molar-refractivity contribution in [2.45, 2.75) is 88.9 Å². The first-order chi connectivity index (χ1) is 19.2. The van der Waals surface area contributed by atoms with E-state index < -0.39 is 35.5 Å². The number of ketones is 1. The van der Waals surface area contributed by atoms with E-state index in [1.807, 2.05) is 12.1 Å². The summed E-state index contributed by atoms with van der Waals surface area (Å²) in [7, 11) is 1.58. The minimum Gasteiger partial charge on any atom is -0.497 e. The minimum atomic E-state index is -0.954. The third kappa shape index (κ3) is 8.04. The van der Waals surface area contributed by atoms with E-state index >= 15 is 0 Å². The minimum absolute atomic E-state index is 0.127. The van der Waals surface area contributed by atoms with Crippen molar-refractivity contribution in [2.24, 2.45) is 11.8 Å². The molecule has 220 valence electrons. The summed E-state index contributed by atoms with van der Waals surface area (Å²) in [6.45, 7) is 4.66. The van der Waals surface area contributed by atoms with Crippen LogP contribution in [0.1, 0.15) is 64.4 Å². The highest BCUT2D eigenvalue weighted by Gasteiger charge is 2.50. The Hall–Kier alpha value is -2.98. The Labute approximate surface area is 236 Å². The van der Waals surface area contributed by atoms with Gasteiger partial charge in [0.05, 0.1) is 32.3 Å². The molecule has 2 aliphatic heterocycles. The number of nitrogens with one attached hydrogen (secondary N) is 3. The van der Waals surface area contributed by atoms with Crippen molar-refractivity contribution in [1.29, 1.82) is 0 Å². The second-order valence-corrected chi connectivity index (χ2v) is 11.6. The van der Waals surface area contributed by atoms with Crippen molar-refractivity contribution >= 4 is 23.5 Å². The van der Waals surface area contributed by atoms with Crippen molar-refractivity contribution in [2.75, 3.05) is 26.9 Å². The largest absolute Gasteiger partial charge is 0.497 e. The van der Waals surface area contributed by atoms with Gasteiger partial charge in [-0.05, 0) is 56.7 Å². The Bertz CT molecular complexity index is 1040. The molecule has 0 radical (unpaired) electrons. The van der Waals surface area contributed by atoms with E-state index in [2.05, 4.69) is 16.0 Å². The van der Waals surface area contributed by atoms with E-state index in [1.54, 1.807) is 33.1 Å². The summed E-state index contributed by atoms with van der Waals surface area (Å²) in [5, 5.41) is 8.54. The maximum Gasteiger partial charge on any atom is 0.243 e. The first kappa shape index (κ1) is 30.0. The van der Waals surface area contributed by atoms with Gasteiger partial charge in [-0.3, -0.25) is 19.2 Å². The summed E-state index contributed by atoms with van der Waals surface area (Å²) in [4.78, 5) is 52.8. The molecule has 5 atom stereocenters. The molecule has 3 amide bonds. The van der Waals surface area contributed by atoms with Crippen molar-refractivity contribution < 1.29 is 33.4 Å². The zero-order chi connectivity index (χ0) is 28.7. The van der Waals surface area contributed by atoms with Crippen LogP contribution in [-0.2, 0) is 35.1 Å². The van der Waals surface area contributed by atoms with Crippen molar-refractivity contribution in [3.05, 3.63) is 29.8 Å². The lowest BCUT2D eigenvalue weighted by atomic mass is 9.90. The van der Waals surface area contributed by atoms with Crippen LogP contribution in [0, 0.1) is 11.8 Å². The number of carbonyl (C=O) groups is 4. The monoisotopic (exact) mass is 557 g/mol.